The zero-order valence-corrected chi connectivity index (χ0v) is 13.7. The van der Waals surface area contributed by atoms with Gasteiger partial charge < -0.3 is 0 Å². The summed E-state index contributed by atoms with van der Waals surface area (Å²) in [5, 5.41) is 0. The molecule has 1 unspecified atom stereocenters. The summed E-state index contributed by atoms with van der Waals surface area (Å²) in [6.45, 7) is 5.99. The van der Waals surface area contributed by atoms with Crippen LogP contribution in [0, 0.1) is 11.7 Å². The molecule has 0 aromatic heterocycles. The van der Waals surface area contributed by atoms with Crippen molar-refractivity contribution in [3.05, 3.63) is 28.5 Å². The maximum Gasteiger partial charge on any atom is 0.240 e. The summed E-state index contributed by atoms with van der Waals surface area (Å²) < 4.78 is 40.3. The van der Waals surface area contributed by atoms with Gasteiger partial charge in [-0.05, 0) is 59.8 Å². The summed E-state index contributed by atoms with van der Waals surface area (Å²) in [4.78, 5) is -0.0513. The first-order chi connectivity index (χ1) is 8.72. The Bertz CT molecular complexity index is 531. The molecule has 0 aliphatic rings. The SMILES string of the molecule is CC(C)CCC(C)NS(=O)(=O)c1ccc(Br)c(F)c1. The van der Waals surface area contributed by atoms with Crippen molar-refractivity contribution in [3.63, 3.8) is 0 Å². The van der Waals surface area contributed by atoms with Crippen molar-refractivity contribution in [1.82, 2.24) is 4.72 Å². The van der Waals surface area contributed by atoms with E-state index in [1.54, 1.807) is 0 Å². The van der Waals surface area contributed by atoms with Gasteiger partial charge in [0.15, 0.2) is 0 Å². The Labute approximate surface area is 122 Å². The lowest BCUT2D eigenvalue weighted by atomic mass is 10.1. The van der Waals surface area contributed by atoms with Crippen LogP contribution in [-0.2, 0) is 10.0 Å². The number of rotatable bonds is 6. The second-order valence-electron chi connectivity index (χ2n) is 5.07. The Morgan fingerprint density at radius 3 is 2.42 bits per heavy atom. The van der Waals surface area contributed by atoms with Gasteiger partial charge in [0, 0.05) is 6.04 Å². The molecule has 1 rings (SSSR count). The van der Waals surface area contributed by atoms with Crippen LogP contribution >= 0.6 is 15.9 Å². The third-order valence-electron chi connectivity index (χ3n) is 2.73. The monoisotopic (exact) mass is 351 g/mol. The summed E-state index contributed by atoms with van der Waals surface area (Å²) in [6.07, 6.45) is 1.70. The van der Waals surface area contributed by atoms with Crippen molar-refractivity contribution in [2.24, 2.45) is 5.92 Å². The normalized spacial score (nSPS) is 13.8. The van der Waals surface area contributed by atoms with Gasteiger partial charge in [-0.25, -0.2) is 17.5 Å². The molecule has 3 nitrogen and oxygen atoms in total. The van der Waals surface area contributed by atoms with Crippen LogP contribution in [0.5, 0.6) is 0 Å². The van der Waals surface area contributed by atoms with Gasteiger partial charge in [-0.2, -0.15) is 0 Å². The maximum atomic E-state index is 13.4. The number of benzene rings is 1. The van der Waals surface area contributed by atoms with Gasteiger partial charge in [0.2, 0.25) is 10.0 Å². The molecule has 0 saturated carbocycles. The Balaban J connectivity index is 2.77. The van der Waals surface area contributed by atoms with Crippen LogP contribution in [0.4, 0.5) is 4.39 Å². The molecular weight excluding hydrogens is 333 g/mol. The van der Waals surface area contributed by atoms with E-state index < -0.39 is 15.8 Å². The summed E-state index contributed by atoms with van der Waals surface area (Å²) in [5.41, 5.74) is 0. The highest BCUT2D eigenvalue weighted by atomic mass is 79.9. The molecule has 0 fully saturated rings. The van der Waals surface area contributed by atoms with Crippen LogP contribution in [0.25, 0.3) is 0 Å². The van der Waals surface area contributed by atoms with Gasteiger partial charge in [-0.1, -0.05) is 13.8 Å². The van der Waals surface area contributed by atoms with Crippen LogP contribution in [0.3, 0.4) is 0 Å². The first-order valence-corrected chi connectivity index (χ1v) is 8.47. The smallest absolute Gasteiger partial charge is 0.208 e. The number of sulfonamides is 1. The minimum Gasteiger partial charge on any atom is -0.208 e. The quantitative estimate of drug-likeness (QED) is 0.849. The van der Waals surface area contributed by atoms with Crippen molar-refractivity contribution in [2.75, 3.05) is 0 Å². The van der Waals surface area contributed by atoms with Crippen LogP contribution in [-0.4, -0.2) is 14.5 Å². The summed E-state index contributed by atoms with van der Waals surface area (Å²) >= 11 is 3.00. The fourth-order valence-electron chi connectivity index (χ4n) is 1.62. The highest BCUT2D eigenvalue weighted by molar-refractivity contribution is 9.10. The van der Waals surface area contributed by atoms with Crippen molar-refractivity contribution >= 4 is 26.0 Å². The van der Waals surface area contributed by atoms with Gasteiger partial charge >= 0.3 is 0 Å². The number of hydrogen-bond donors (Lipinski definition) is 1. The molecule has 108 valence electrons. The number of nitrogens with one attached hydrogen (secondary N) is 1. The Morgan fingerprint density at radius 2 is 1.89 bits per heavy atom. The molecule has 0 aliphatic carbocycles. The Hall–Kier alpha value is -0.460. The number of halogens is 2. The van der Waals surface area contributed by atoms with E-state index in [4.69, 9.17) is 0 Å². The molecule has 0 saturated heterocycles. The van der Waals surface area contributed by atoms with Gasteiger partial charge in [0.05, 0.1) is 9.37 Å². The lowest BCUT2D eigenvalue weighted by Crippen LogP contribution is -2.32. The highest BCUT2D eigenvalue weighted by Crippen LogP contribution is 2.20. The standard InChI is InChI=1S/C13H19BrFNO2S/c1-9(2)4-5-10(3)16-19(17,18)11-6-7-12(14)13(15)8-11/h6-10,16H,4-5H2,1-3H3. The Kier molecular flexibility index (Phi) is 5.95. The van der Waals surface area contributed by atoms with Gasteiger partial charge in [-0.15, -0.1) is 0 Å². The molecule has 1 atom stereocenters. The van der Waals surface area contributed by atoms with Gasteiger partial charge in [0.1, 0.15) is 5.82 Å². The predicted octanol–water partition coefficient (Wildman–Crippen LogP) is 3.69. The van der Waals surface area contributed by atoms with E-state index in [-0.39, 0.29) is 15.4 Å². The van der Waals surface area contributed by atoms with E-state index in [2.05, 4.69) is 34.5 Å². The zero-order chi connectivity index (χ0) is 14.6. The molecule has 6 heteroatoms. The largest absolute Gasteiger partial charge is 0.240 e. The molecule has 1 aromatic carbocycles. The van der Waals surface area contributed by atoms with Crippen molar-refractivity contribution < 1.29 is 12.8 Å². The van der Waals surface area contributed by atoms with E-state index >= 15 is 0 Å². The molecule has 0 bridgehead atoms. The van der Waals surface area contributed by atoms with Crippen LogP contribution in [0.1, 0.15) is 33.6 Å². The molecular formula is C13H19BrFNO2S. The molecule has 0 radical (unpaired) electrons. The molecule has 1 aromatic rings. The van der Waals surface area contributed by atoms with Crippen molar-refractivity contribution in [2.45, 2.75) is 44.6 Å². The third-order valence-corrected chi connectivity index (χ3v) is 4.97. The summed E-state index contributed by atoms with van der Waals surface area (Å²) in [6, 6.07) is 3.62. The lowest BCUT2D eigenvalue weighted by molar-refractivity contribution is 0.485. The van der Waals surface area contributed by atoms with Crippen LogP contribution < -0.4 is 4.72 Å². The molecule has 1 N–H and O–H groups in total. The van der Waals surface area contributed by atoms with E-state index in [0.717, 1.165) is 18.9 Å². The minimum atomic E-state index is -3.66. The maximum absolute atomic E-state index is 13.4. The molecule has 0 heterocycles. The third kappa shape index (κ3) is 5.20. The molecule has 0 spiro atoms. The van der Waals surface area contributed by atoms with Gasteiger partial charge in [-0.3, -0.25) is 0 Å². The summed E-state index contributed by atoms with van der Waals surface area (Å²) in [5.74, 6) is -0.0604. The molecule has 0 aliphatic heterocycles. The van der Waals surface area contributed by atoms with E-state index in [9.17, 15) is 12.8 Å². The van der Waals surface area contributed by atoms with Crippen LogP contribution in [0.2, 0.25) is 0 Å². The van der Waals surface area contributed by atoms with E-state index in [0.29, 0.717) is 5.92 Å². The average Bonchev–Trinajstić information content (AvgIpc) is 2.29. The van der Waals surface area contributed by atoms with Crippen LogP contribution in [0.15, 0.2) is 27.6 Å². The number of hydrogen-bond acceptors (Lipinski definition) is 2. The highest BCUT2D eigenvalue weighted by Gasteiger charge is 2.18. The molecule has 0 amide bonds. The average molecular weight is 352 g/mol. The summed E-state index contributed by atoms with van der Waals surface area (Å²) in [7, 11) is -3.66. The first kappa shape index (κ1) is 16.6. The first-order valence-electron chi connectivity index (χ1n) is 6.19. The molecule has 19 heavy (non-hydrogen) atoms. The fraction of sp³-hybridized carbons (Fsp3) is 0.538. The second kappa shape index (κ2) is 6.81. The van der Waals surface area contributed by atoms with Crippen molar-refractivity contribution in [1.29, 1.82) is 0 Å². The van der Waals surface area contributed by atoms with E-state index in [1.807, 2.05) is 6.92 Å². The van der Waals surface area contributed by atoms with E-state index in [1.165, 1.54) is 12.1 Å². The fourth-order valence-corrected chi connectivity index (χ4v) is 3.16. The van der Waals surface area contributed by atoms with Gasteiger partial charge in [0.25, 0.3) is 0 Å². The zero-order valence-electron chi connectivity index (χ0n) is 11.3. The predicted molar refractivity (Wildman–Crippen MR) is 78.0 cm³/mol. The Morgan fingerprint density at radius 1 is 1.26 bits per heavy atom. The second-order valence-corrected chi connectivity index (χ2v) is 7.64. The lowest BCUT2D eigenvalue weighted by Gasteiger charge is -2.15. The minimum absolute atomic E-state index is 0.0513. The van der Waals surface area contributed by atoms with Crippen molar-refractivity contribution in [3.8, 4) is 0 Å². The topological polar surface area (TPSA) is 46.2 Å².